The van der Waals surface area contributed by atoms with Crippen LogP contribution >= 0.6 is 0 Å². The fraction of sp³-hybridized carbons (Fsp3) is 0.522. The molecule has 0 unspecified atom stereocenters. The van der Waals surface area contributed by atoms with Crippen molar-refractivity contribution in [2.75, 3.05) is 6.61 Å². The van der Waals surface area contributed by atoms with Crippen molar-refractivity contribution >= 4 is 0 Å². The quantitative estimate of drug-likeness (QED) is 0.473. The normalized spacial score (nSPS) is 10.8. The predicted molar refractivity (Wildman–Crippen MR) is 109 cm³/mol. The third-order valence-corrected chi connectivity index (χ3v) is 4.57. The second kappa shape index (κ2) is 9.61. The minimum Gasteiger partial charge on any atom is -0.493 e. The van der Waals surface area contributed by atoms with Crippen molar-refractivity contribution in [3.8, 4) is 17.4 Å². The largest absolute Gasteiger partial charge is 0.493 e. The maximum absolute atomic E-state index is 6.26. The van der Waals surface area contributed by atoms with Gasteiger partial charge in [0.25, 0.3) is 0 Å². The number of pyridine rings is 1. The van der Waals surface area contributed by atoms with Gasteiger partial charge < -0.3 is 9.47 Å². The lowest BCUT2D eigenvalue weighted by atomic mass is 10.0. The maximum Gasteiger partial charge on any atom is 0.226 e. The van der Waals surface area contributed by atoms with E-state index in [4.69, 9.17) is 9.47 Å². The van der Waals surface area contributed by atoms with Crippen LogP contribution in [0.4, 0.5) is 0 Å². The number of rotatable bonds is 9. The van der Waals surface area contributed by atoms with Gasteiger partial charge in [-0.05, 0) is 57.2 Å². The van der Waals surface area contributed by atoms with Crippen LogP contribution in [0.5, 0.6) is 17.4 Å². The Morgan fingerprint density at radius 3 is 2.19 bits per heavy atom. The highest BCUT2D eigenvalue weighted by Crippen LogP contribution is 2.34. The molecule has 142 valence electrons. The summed E-state index contributed by atoms with van der Waals surface area (Å²) in [7, 11) is 0. The highest BCUT2D eigenvalue weighted by Gasteiger charge is 2.14. The summed E-state index contributed by atoms with van der Waals surface area (Å²) >= 11 is 0. The second-order valence-corrected chi connectivity index (χ2v) is 7.16. The van der Waals surface area contributed by atoms with E-state index in [0.717, 1.165) is 59.8 Å². The fourth-order valence-electron chi connectivity index (χ4n) is 3.19. The first kappa shape index (κ1) is 20.3. The number of benzene rings is 1. The van der Waals surface area contributed by atoms with Crippen molar-refractivity contribution in [1.82, 2.24) is 4.98 Å². The lowest BCUT2D eigenvalue weighted by Crippen LogP contribution is -2.03. The Hall–Kier alpha value is -2.03. The van der Waals surface area contributed by atoms with E-state index >= 15 is 0 Å². The van der Waals surface area contributed by atoms with Crippen LogP contribution in [0.1, 0.15) is 67.5 Å². The molecule has 0 aliphatic carbocycles. The Morgan fingerprint density at radius 2 is 1.58 bits per heavy atom. The Kier molecular flexibility index (Phi) is 7.50. The highest BCUT2D eigenvalue weighted by atomic mass is 16.5. The number of nitrogens with zero attached hydrogens (tertiary/aromatic N) is 1. The minimum atomic E-state index is 0.643. The molecule has 0 aliphatic heterocycles. The smallest absolute Gasteiger partial charge is 0.226 e. The second-order valence-electron chi connectivity index (χ2n) is 7.16. The van der Waals surface area contributed by atoms with Crippen LogP contribution < -0.4 is 9.47 Å². The number of aromatic nitrogens is 1. The van der Waals surface area contributed by atoms with Crippen molar-refractivity contribution < 1.29 is 9.47 Å². The molecule has 0 saturated carbocycles. The molecule has 0 atom stereocenters. The van der Waals surface area contributed by atoms with Crippen LogP contribution in [0.15, 0.2) is 18.2 Å². The first-order chi connectivity index (χ1) is 12.5. The molecule has 0 amide bonds. The van der Waals surface area contributed by atoms with E-state index in [0.29, 0.717) is 5.88 Å². The van der Waals surface area contributed by atoms with Gasteiger partial charge in [-0.3, -0.25) is 0 Å². The van der Waals surface area contributed by atoms with Gasteiger partial charge in [0, 0.05) is 11.8 Å². The molecule has 0 saturated heterocycles. The van der Waals surface area contributed by atoms with Gasteiger partial charge in [0.1, 0.15) is 11.5 Å². The van der Waals surface area contributed by atoms with E-state index in [1.807, 2.05) is 19.9 Å². The number of hydrogen-bond acceptors (Lipinski definition) is 3. The minimum absolute atomic E-state index is 0.643. The SMILES string of the molecule is CCCCCOc1cc(C)nc(Oc2c(C)cc(CCC)cc2C)c1C. The number of aryl methyl sites for hydroxylation is 4. The van der Waals surface area contributed by atoms with Gasteiger partial charge >= 0.3 is 0 Å². The van der Waals surface area contributed by atoms with Crippen molar-refractivity contribution in [3.05, 3.63) is 46.1 Å². The van der Waals surface area contributed by atoms with Gasteiger partial charge in [-0.25, -0.2) is 4.98 Å². The summed E-state index contributed by atoms with van der Waals surface area (Å²) in [5.41, 5.74) is 5.55. The van der Waals surface area contributed by atoms with Gasteiger partial charge in [0.15, 0.2) is 0 Å². The van der Waals surface area contributed by atoms with Gasteiger partial charge in [0.2, 0.25) is 5.88 Å². The summed E-state index contributed by atoms with van der Waals surface area (Å²) < 4.78 is 12.3. The molecule has 0 fully saturated rings. The van der Waals surface area contributed by atoms with E-state index in [1.54, 1.807) is 0 Å². The van der Waals surface area contributed by atoms with Gasteiger partial charge in [-0.15, -0.1) is 0 Å². The maximum atomic E-state index is 6.26. The Bertz CT molecular complexity index is 714. The summed E-state index contributed by atoms with van der Waals surface area (Å²) in [6.07, 6.45) is 5.70. The van der Waals surface area contributed by atoms with Crippen LogP contribution in [-0.4, -0.2) is 11.6 Å². The summed E-state index contributed by atoms with van der Waals surface area (Å²) in [5, 5.41) is 0. The van der Waals surface area contributed by atoms with Crippen LogP contribution in [0.25, 0.3) is 0 Å². The number of hydrogen-bond donors (Lipinski definition) is 0. The van der Waals surface area contributed by atoms with Crippen molar-refractivity contribution in [1.29, 1.82) is 0 Å². The number of ether oxygens (including phenoxy) is 2. The van der Waals surface area contributed by atoms with E-state index in [1.165, 1.54) is 18.4 Å². The standard InChI is InChI=1S/C23H33NO2/c1-7-9-10-12-25-21-15-18(5)24-23(19(21)6)26-22-16(3)13-20(11-8-2)14-17(22)4/h13-15H,7-12H2,1-6H3. The zero-order valence-electron chi connectivity index (χ0n) is 17.2. The average Bonchev–Trinajstić information content (AvgIpc) is 2.58. The van der Waals surface area contributed by atoms with Gasteiger partial charge in [0.05, 0.1) is 12.2 Å². The fourth-order valence-corrected chi connectivity index (χ4v) is 3.19. The molecule has 2 rings (SSSR count). The van der Waals surface area contributed by atoms with E-state index < -0.39 is 0 Å². The van der Waals surface area contributed by atoms with Crippen LogP contribution in [-0.2, 0) is 6.42 Å². The monoisotopic (exact) mass is 355 g/mol. The summed E-state index contributed by atoms with van der Waals surface area (Å²) in [6, 6.07) is 6.44. The molecule has 1 aromatic heterocycles. The molecule has 0 spiro atoms. The molecule has 1 aromatic carbocycles. The zero-order chi connectivity index (χ0) is 19.1. The van der Waals surface area contributed by atoms with E-state index in [9.17, 15) is 0 Å². The molecule has 3 heteroatoms. The molecular formula is C23H33NO2. The molecule has 0 radical (unpaired) electrons. The van der Waals surface area contributed by atoms with Gasteiger partial charge in [-0.1, -0.05) is 45.2 Å². The molecule has 0 aliphatic rings. The zero-order valence-corrected chi connectivity index (χ0v) is 17.2. The van der Waals surface area contributed by atoms with E-state index in [-0.39, 0.29) is 0 Å². The molecule has 26 heavy (non-hydrogen) atoms. The number of unbranched alkanes of at least 4 members (excludes halogenated alkanes) is 2. The average molecular weight is 356 g/mol. The van der Waals surface area contributed by atoms with Gasteiger partial charge in [-0.2, -0.15) is 0 Å². The first-order valence-electron chi connectivity index (χ1n) is 9.85. The molecule has 3 nitrogen and oxygen atoms in total. The van der Waals surface area contributed by atoms with Crippen molar-refractivity contribution in [3.63, 3.8) is 0 Å². The molecule has 0 N–H and O–H groups in total. The van der Waals surface area contributed by atoms with Crippen LogP contribution in [0, 0.1) is 27.7 Å². The first-order valence-corrected chi connectivity index (χ1v) is 9.85. The molecule has 2 aromatic rings. The van der Waals surface area contributed by atoms with Crippen LogP contribution in [0.3, 0.4) is 0 Å². The lowest BCUT2D eigenvalue weighted by molar-refractivity contribution is 0.301. The Labute approximate surface area is 158 Å². The molecule has 1 heterocycles. The summed E-state index contributed by atoms with van der Waals surface area (Å²) in [5.74, 6) is 2.43. The lowest BCUT2D eigenvalue weighted by Gasteiger charge is -2.17. The van der Waals surface area contributed by atoms with E-state index in [2.05, 4.69) is 44.8 Å². The summed E-state index contributed by atoms with van der Waals surface area (Å²) in [4.78, 5) is 4.61. The molecular weight excluding hydrogens is 322 g/mol. The Morgan fingerprint density at radius 1 is 0.885 bits per heavy atom. The highest BCUT2D eigenvalue weighted by molar-refractivity contribution is 5.48. The van der Waals surface area contributed by atoms with Crippen molar-refractivity contribution in [2.24, 2.45) is 0 Å². The third-order valence-electron chi connectivity index (χ3n) is 4.57. The Balaban J connectivity index is 2.25. The van der Waals surface area contributed by atoms with Crippen molar-refractivity contribution in [2.45, 2.75) is 73.6 Å². The summed E-state index contributed by atoms with van der Waals surface area (Å²) in [6.45, 7) is 13.4. The topological polar surface area (TPSA) is 31.4 Å². The predicted octanol–water partition coefficient (Wildman–Crippen LogP) is 6.63. The molecule has 0 bridgehead atoms. The third kappa shape index (κ3) is 5.23. The van der Waals surface area contributed by atoms with Crippen LogP contribution in [0.2, 0.25) is 0 Å².